The third-order valence-electron chi connectivity index (χ3n) is 8.54. The number of rotatable bonds is 6. The first-order valence-electron chi connectivity index (χ1n) is 14.6. The number of benzene rings is 4. The standard InChI is InChI=1S/C37H37BN2O2/c1-26-7-18-32(19-8-26)40(33-20-9-27(2)10-21-33)34-22-15-29(16-23-34)28-11-13-30(14-12-28)35-24-17-31(25-39-35)38-41-36(3,4)37(5,6)42-38/h7-25H,1-6H3. The van der Waals surface area contributed by atoms with Gasteiger partial charge in [0, 0.05) is 34.3 Å². The van der Waals surface area contributed by atoms with Crippen molar-refractivity contribution in [2.24, 2.45) is 0 Å². The van der Waals surface area contributed by atoms with Crippen LogP contribution in [0.15, 0.2) is 115 Å². The molecular formula is C37H37BN2O2. The van der Waals surface area contributed by atoms with Crippen LogP contribution in [0.25, 0.3) is 22.4 Å². The molecule has 1 aliphatic heterocycles. The molecule has 0 amide bonds. The van der Waals surface area contributed by atoms with E-state index in [0.29, 0.717) is 0 Å². The van der Waals surface area contributed by atoms with Gasteiger partial charge in [-0.05, 0) is 95.1 Å². The summed E-state index contributed by atoms with van der Waals surface area (Å²) < 4.78 is 12.4. The van der Waals surface area contributed by atoms with E-state index in [2.05, 4.69) is 144 Å². The van der Waals surface area contributed by atoms with Crippen LogP contribution in [0.2, 0.25) is 0 Å². The summed E-state index contributed by atoms with van der Waals surface area (Å²) in [6.07, 6.45) is 1.86. The molecule has 210 valence electrons. The average molecular weight is 553 g/mol. The van der Waals surface area contributed by atoms with E-state index in [1.807, 2.05) is 18.3 Å². The van der Waals surface area contributed by atoms with Gasteiger partial charge in [-0.25, -0.2) is 0 Å². The maximum Gasteiger partial charge on any atom is 0.496 e. The van der Waals surface area contributed by atoms with Gasteiger partial charge >= 0.3 is 7.12 Å². The highest BCUT2D eigenvalue weighted by Crippen LogP contribution is 2.37. The number of aromatic nitrogens is 1. The lowest BCUT2D eigenvalue weighted by molar-refractivity contribution is 0.00578. The average Bonchev–Trinajstić information content (AvgIpc) is 3.22. The first kappa shape index (κ1) is 28.0. The maximum absolute atomic E-state index is 6.18. The molecule has 5 aromatic rings. The molecule has 0 atom stereocenters. The number of aryl methyl sites for hydroxylation is 2. The van der Waals surface area contributed by atoms with Gasteiger partial charge in [0.15, 0.2) is 0 Å². The Balaban J connectivity index is 1.21. The van der Waals surface area contributed by atoms with E-state index in [0.717, 1.165) is 39.3 Å². The SMILES string of the molecule is Cc1ccc(N(c2ccc(C)cc2)c2ccc(-c3ccc(-c4ccc(B5OC(C)(C)C(C)(C)O5)cn4)cc3)cc2)cc1. The minimum absolute atomic E-state index is 0.371. The molecule has 0 unspecified atom stereocenters. The van der Waals surface area contributed by atoms with Gasteiger partial charge in [-0.3, -0.25) is 4.98 Å². The van der Waals surface area contributed by atoms with Gasteiger partial charge < -0.3 is 14.2 Å². The van der Waals surface area contributed by atoms with E-state index < -0.39 is 7.12 Å². The Morgan fingerprint density at radius 2 is 0.929 bits per heavy atom. The first-order chi connectivity index (χ1) is 20.1. The molecule has 0 bridgehead atoms. The zero-order valence-corrected chi connectivity index (χ0v) is 25.3. The largest absolute Gasteiger partial charge is 0.496 e. The fraction of sp³-hybridized carbons (Fsp3) is 0.216. The third kappa shape index (κ3) is 5.50. The highest BCUT2D eigenvalue weighted by atomic mass is 16.7. The predicted octanol–water partition coefficient (Wildman–Crippen LogP) is 8.80. The number of hydrogen-bond acceptors (Lipinski definition) is 4. The molecule has 42 heavy (non-hydrogen) atoms. The van der Waals surface area contributed by atoms with Gasteiger partial charge in [0.05, 0.1) is 16.9 Å². The van der Waals surface area contributed by atoms with Crippen molar-refractivity contribution in [3.63, 3.8) is 0 Å². The van der Waals surface area contributed by atoms with Gasteiger partial charge in [-0.1, -0.05) is 77.9 Å². The van der Waals surface area contributed by atoms with Crippen LogP contribution in [0.1, 0.15) is 38.8 Å². The molecule has 4 nitrogen and oxygen atoms in total. The molecule has 1 saturated heterocycles. The topological polar surface area (TPSA) is 34.6 Å². The first-order valence-corrected chi connectivity index (χ1v) is 14.6. The third-order valence-corrected chi connectivity index (χ3v) is 8.54. The quantitative estimate of drug-likeness (QED) is 0.197. The summed E-state index contributed by atoms with van der Waals surface area (Å²) in [6.45, 7) is 12.5. The summed E-state index contributed by atoms with van der Waals surface area (Å²) in [7, 11) is -0.408. The van der Waals surface area contributed by atoms with Gasteiger partial charge in [0.2, 0.25) is 0 Å². The van der Waals surface area contributed by atoms with E-state index in [1.165, 1.54) is 16.7 Å². The lowest BCUT2D eigenvalue weighted by atomic mass is 9.80. The van der Waals surface area contributed by atoms with Crippen molar-refractivity contribution >= 4 is 29.6 Å². The fourth-order valence-corrected chi connectivity index (χ4v) is 5.17. The summed E-state index contributed by atoms with van der Waals surface area (Å²) in [5.41, 5.74) is 10.4. The lowest BCUT2D eigenvalue weighted by Gasteiger charge is -2.32. The monoisotopic (exact) mass is 552 g/mol. The Morgan fingerprint density at radius 3 is 1.36 bits per heavy atom. The highest BCUT2D eigenvalue weighted by molar-refractivity contribution is 6.62. The molecule has 1 aliphatic rings. The predicted molar refractivity (Wildman–Crippen MR) is 175 cm³/mol. The fourth-order valence-electron chi connectivity index (χ4n) is 5.17. The van der Waals surface area contributed by atoms with Crippen LogP contribution in [0.4, 0.5) is 17.1 Å². The molecule has 1 aromatic heterocycles. The van der Waals surface area contributed by atoms with Gasteiger partial charge in [-0.15, -0.1) is 0 Å². The summed E-state index contributed by atoms with van der Waals surface area (Å²) >= 11 is 0. The number of pyridine rings is 1. The molecule has 1 fully saturated rings. The molecule has 0 N–H and O–H groups in total. The van der Waals surface area contributed by atoms with Crippen molar-refractivity contribution in [2.45, 2.75) is 52.7 Å². The molecular weight excluding hydrogens is 515 g/mol. The van der Waals surface area contributed by atoms with Crippen molar-refractivity contribution < 1.29 is 9.31 Å². The van der Waals surface area contributed by atoms with Crippen molar-refractivity contribution in [1.82, 2.24) is 4.98 Å². The van der Waals surface area contributed by atoms with Crippen molar-refractivity contribution in [3.05, 3.63) is 127 Å². The Kier molecular flexibility index (Phi) is 7.26. The van der Waals surface area contributed by atoms with E-state index in [1.54, 1.807) is 0 Å². The van der Waals surface area contributed by atoms with Gasteiger partial charge in [0.25, 0.3) is 0 Å². The molecule has 4 aromatic carbocycles. The Morgan fingerprint density at radius 1 is 0.524 bits per heavy atom. The van der Waals surface area contributed by atoms with Crippen LogP contribution in [0.3, 0.4) is 0 Å². The number of hydrogen-bond donors (Lipinski definition) is 0. The van der Waals surface area contributed by atoms with E-state index in [4.69, 9.17) is 14.3 Å². The maximum atomic E-state index is 6.18. The van der Waals surface area contributed by atoms with Crippen molar-refractivity contribution in [3.8, 4) is 22.4 Å². The molecule has 6 rings (SSSR count). The molecule has 0 radical (unpaired) electrons. The highest BCUT2D eigenvalue weighted by Gasteiger charge is 2.51. The summed E-state index contributed by atoms with van der Waals surface area (Å²) in [4.78, 5) is 7.02. The van der Waals surface area contributed by atoms with Crippen LogP contribution < -0.4 is 10.4 Å². The van der Waals surface area contributed by atoms with E-state index in [-0.39, 0.29) is 11.2 Å². The molecule has 0 aliphatic carbocycles. The lowest BCUT2D eigenvalue weighted by Crippen LogP contribution is -2.41. The van der Waals surface area contributed by atoms with Crippen LogP contribution in [-0.2, 0) is 9.31 Å². The van der Waals surface area contributed by atoms with Gasteiger partial charge in [-0.2, -0.15) is 0 Å². The van der Waals surface area contributed by atoms with Crippen LogP contribution >= 0.6 is 0 Å². The van der Waals surface area contributed by atoms with Crippen LogP contribution in [0.5, 0.6) is 0 Å². The number of anilines is 3. The molecule has 0 saturated carbocycles. The summed E-state index contributed by atoms with van der Waals surface area (Å²) in [5, 5.41) is 0. The number of nitrogens with zero attached hydrogens (tertiary/aromatic N) is 2. The summed E-state index contributed by atoms with van der Waals surface area (Å²) in [5.74, 6) is 0. The van der Waals surface area contributed by atoms with Crippen LogP contribution in [-0.4, -0.2) is 23.3 Å². The second kappa shape index (κ2) is 10.9. The second-order valence-electron chi connectivity index (χ2n) is 12.2. The summed E-state index contributed by atoms with van der Waals surface area (Å²) in [6, 6.07) is 38.8. The molecule has 5 heteroatoms. The molecule has 2 heterocycles. The van der Waals surface area contributed by atoms with Crippen LogP contribution in [0, 0.1) is 13.8 Å². The van der Waals surface area contributed by atoms with E-state index >= 15 is 0 Å². The Hall–Kier alpha value is -4.19. The normalized spacial score (nSPS) is 15.5. The zero-order chi connectivity index (χ0) is 29.5. The zero-order valence-electron chi connectivity index (χ0n) is 25.3. The van der Waals surface area contributed by atoms with Crippen molar-refractivity contribution in [1.29, 1.82) is 0 Å². The van der Waals surface area contributed by atoms with E-state index in [9.17, 15) is 0 Å². The Bertz CT molecular complexity index is 1600. The second-order valence-corrected chi connectivity index (χ2v) is 12.2. The minimum Gasteiger partial charge on any atom is -0.399 e. The molecule has 0 spiro atoms. The van der Waals surface area contributed by atoms with Crippen molar-refractivity contribution in [2.75, 3.05) is 4.90 Å². The Labute approximate surface area is 250 Å². The smallest absolute Gasteiger partial charge is 0.399 e. The minimum atomic E-state index is -0.408. The van der Waals surface area contributed by atoms with Gasteiger partial charge in [0.1, 0.15) is 0 Å².